The Labute approximate surface area is 183 Å². The molecule has 9 nitrogen and oxygen atoms in total. The molecular formula is C21H29N5O4S. The van der Waals surface area contributed by atoms with Crippen molar-refractivity contribution in [2.45, 2.75) is 25.2 Å². The Bertz CT molecular complexity index is 1050. The Kier molecular flexibility index (Phi) is 8.38. The molecule has 3 N–H and O–H groups in total. The highest BCUT2D eigenvalue weighted by atomic mass is 32.2. The summed E-state index contributed by atoms with van der Waals surface area (Å²) in [7, 11) is -1.84. The quantitative estimate of drug-likeness (QED) is 0.177. The number of nitrogens with zero attached hydrogens (tertiary/aromatic N) is 2. The minimum Gasteiger partial charge on any atom is -0.378 e. The van der Waals surface area contributed by atoms with Gasteiger partial charge in [-0.25, -0.2) is 8.42 Å². The van der Waals surface area contributed by atoms with Gasteiger partial charge in [0.2, 0.25) is 0 Å². The van der Waals surface area contributed by atoms with Crippen molar-refractivity contribution in [2.24, 2.45) is 4.99 Å². The predicted molar refractivity (Wildman–Crippen MR) is 124 cm³/mol. The lowest BCUT2D eigenvalue weighted by molar-refractivity contribution is -0.384. The Morgan fingerprint density at radius 3 is 2.26 bits per heavy atom. The lowest BCUT2D eigenvalue weighted by atomic mass is 10.1. The van der Waals surface area contributed by atoms with Gasteiger partial charge in [0.25, 0.3) is 5.69 Å². The van der Waals surface area contributed by atoms with E-state index in [-0.39, 0.29) is 16.3 Å². The van der Waals surface area contributed by atoms with Crippen LogP contribution in [0.4, 0.5) is 11.4 Å². The van der Waals surface area contributed by atoms with E-state index in [0.29, 0.717) is 25.6 Å². The van der Waals surface area contributed by atoms with Crippen molar-refractivity contribution in [3.63, 3.8) is 0 Å². The van der Waals surface area contributed by atoms with E-state index in [2.05, 4.69) is 53.0 Å². The highest BCUT2D eigenvalue weighted by Crippen LogP contribution is 2.27. The second-order valence-corrected chi connectivity index (χ2v) is 9.32. The molecule has 0 aliphatic rings. The molecule has 0 heterocycles. The normalized spacial score (nSPS) is 11.8. The zero-order valence-corrected chi connectivity index (χ0v) is 19.0. The van der Waals surface area contributed by atoms with Crippen LogP contribution in [-0.2, 0) is 16.3 Å². The van der Waals surface area contributed by atoms with Crippen LogP contribution in [0.3, 0.4) is 0 Å². The van der Waals surface area contributed by atoms with E-state index in [1.165, 1.54) is 28.8 Å². The van der Waals surface area contributed by atoms with Crippen LogP contribution in [0.2, 0.25) is 0 Å². The van der Waals surface area contributed by atoms with Crippen molar-refractivity contribution in [1.82, 2.24) is 10.6 Å². The molecule has 2 rings (SSSR count). The zero-order valence-electron chi connectivity index (χ0n) is 18.2. The standard InChI is InChI=1S/C21H29N5O4S/c1-15-11-16(2)13-17(12-15)7-8-24-21(22-3)25-10-9-23-19-6-5-18(31(4,29)30)14-20(19)26(27)28/h5-6,11-14,23H,7-10H2,1-4H3,(H2,22,24,25). The van der Waals surface area contributed by atoms with E-state index in [1.807, 2.05) is 0 Å². The minimum atomic E-state index is -3.52. The summed E-state index contributed by atoms with van der Waals surface area (Å²) in [5.41, 5.74) is 3.72. The molecule has 2 aromatic carbocycles. The van der Waals surface area contributed by atoms with E-state index in [0.717, 1.165) is 18.7 Å². The Morgan fingerprint density at radius 1 is 1.03 bits per heavy atom. The molecule has 0 atom stereocenters. The Balaban J connectivity index is 1.84. The van der Waals surface area contributed by atoms with Crippen LogP contribution in [0.1, 0.15) is 16.7 Å². The molecule has 10 heteroatoms. The highest BCUT2D eigenvalue weighted by molar-refractivity contribution is 7.90. The van der Waals surface area contributed by atoms with Gasteiger partial charge >= 0.3 is 0 Å². The van der Waals surface area contributed by atoms with E-state index in [9.17, 15) is 18.5 Å². The molecule has 0 amide bonds. The molecular weight excluding hydrogens is 418 g/mol. The van der Waals surface area contributed by atoms with Crippen LogP contribution in [0, 0.1) is 24.0 Å². The average Bonchev–Trinajstić information content (AvgIpc) is 2.68. The molecule has 0 aromatic heterocycles. The van der Waals surface area contributed by atoms with Gasteiger partial charge in [-0.2, -0.15) is 0 Å². The van der Waals surface area contributed by atoms with Gasteiger partial charge in [-0.3, -0.25) is 15.1 Å². The van der Waals surface area contributed by atoms with Crippen LogP contribution < -0.4 is 16.0 Å². The molecule has 31 heavy (non-hydrogen) atoms. The maximum absolute atomic E-state index is 11.6. The van der Waals surface area contributed by atoms with Gasteiger partial charge < -0.3 is 16.0 Å². The molecule has 2 aromatic rings. The van der Waals surface area contributed by atoms with Crippen LogP contribution in [-0.4, -0.2) is 52.2 Å². The fourth-order valence-corrected chi connectivity index (χ4v) is 3.82. The molecule has 0 spiro atoms. The number of aryl methyl sites for hydroxylation is 2. The molecule has 0 unspecified atom stereocenters. The van der Waals surface area contributed by atoms with Gasteiger partial charge in [0.1, 0.15) is 5.69 Å². The predicted octanol–water partition coefficient (Wildman–Crippen LogP) is 2.43. The highest BCUT2D eigenvalue weighted by Gasteiger charge is 2.18. The number of aliphatic imine (C=N–C) groups is 1. The lowest BCUT2D eigenvalue weighted by Crippen LogP contribution is -2.40. The fourth-order valence-electron chi connectivity index (χ4n) is 3.18. The number of benzene rings is 2. The first kappa shape index (κ1) is 24.1. The monoisotopic (exact) mass is 447 g/mol. The first-order valence-corrected chi connectivity index (χ1v) is 11.7. The van der Waals surface area contributed by atoms with Gasteiger partial charge in [0.15, 0.2) is 15.8 Å². The van der Waals surface area contributed by atoms with E-state index in [1.54, 1.807) is 7.05 Å². The summed E-state index contributed by atoms with van der Waals surface area (Å²) in [5.74, 6) is 0.632. The van der Waals surface area contributed by atoms with E-state index >= 15 is 0 Å². The molecule has 0 aliphatic carbocycles. The van der Waals surface area contributed by atoms with Gasteiger partial charge in [-0.05, 0) is 38.0 Å². The summed E-state index contributed by atoms with van der Waals surface area (Å²) in [6, 6.07) is 10.3. The fraction of sp³-hybridized carbons (Fsp3) is 0.381. The number of nitrogens with one attached hydrogen (secondary N) is 3. The van der Waals surface area contributed by atoms with Crippen LogP contribution >= 0.6 is 0 Å². The first-order valence-electron chi connectivity index (χ1n) is 9.84. The molecule has 0 aliphatic heterocycles. The van der Waals surface area contributed by atoms with Gasteiger partial charge in [0, 0.05) is 39.0 Å². The minimum absolute atomic E-state index is 0.0868. The molecule has 168 valence electrons. The SMILES string of the molecule is CN=C(NCCNc1ccc(S(C)(=O)=O)cc1[N+](=O)[O-])NCCc1cc(C)cc(C)c1. The van der Waals surface area contributed by atoms with Gasteiger partial charge in [-0.15, -0.1) is 0 Å². The van der Waals surface area contributed by atoms with Crippen molar-refractivity contribution < 1.29 is 13.3 Å². The number of rotatable bonds is 9. The summed E-state index contributed by atoms with van der Waals surface area (Å²) in [4.78, 5) is 14.8. The number of guanidine groups is 1. The molecule has 0 saturated heterocycles. The van der Waals surface area contributed by atoms with Crippen molar-refractivity contribution >= 4 is 27.2 Å². The smallest absolute Gasteiger partial charge is 0.293 e. The second kappa shape index (κ2) is 10.8. The third-order valence-electron chi connectivity index (χ3n) is 4.54. The molecule has 0 bridgehead atoms. The molecule has 0 fully saturated rings. The number of hydrogen-bond donors (Lipinski definition) is 3. The number of nitro groups is 1. The molecule has 0 radical (unpaired) electrons. The third-order valence-corrected chi connectivity index (χ3v) is 5.65. The number of anilines is 1. The summed E-state index contributed by atoms with van der Waals surface area (Å²) in [6.07, 6.45) is 1.88. The summed E-state index contributed by atoms with van der Waals surface area (Å²) in [6.45, 7) is 5.73. The van der Waals surface area contributed by atoms with Gasteiger partial charge in [0.05, 0.1) is 9.82 Å². The Hall–Kier alpha value is -3.14. The van der Waals surface area contributed by atoms with Crippen molar-refractivity contribution in [3.05, 3.63) is 63.2 Å². The number of hydrogen-bond acceptors (Lipinski definition) is 6. The first-order chi connectivity index (χ1) is 14.6. The van der Waals surface area contributed by atoms with Crippen LogP contribution in [0.5, 0.6) is 0 Å². The van der Waals surface area contributed by atoms with Gasteiger partial charge in [-0.1, -0.05) is 29.3 Å². The largest absolute Gasteiger partial charge is 0.378 e. The zero-order chi connectivity index (χ0) is 23.0. The van der Waals surface area contributed by atoms with Crippen LogP contribution in [0.15, 0.2) is 46.3 Å². The third kappa shape index (κ3) is 7.56. The summed E-state index contributed by atoms with van der Waals surface area (Å²) >= 11 is 0. The maximum Gasteiger partial charge on any atom is 0.293 e. The van der Waals surface area contributed by atoms with E-state index in [4.69, 9.17) is 0 Å². The van der Waals surface area contributed by atoms with E-state index < -0.39 is 14.8 Å². The second-order valence-electron chi connectivity index (χ2n) is 7.31. The number of sulfone groups is 1. The van der Waals surface area contributed by atoms with Crippen molar-refractivity contribution in [3.8, 4) is 0 Å². The Morgan fingerprint density at radius 2 is 1.68 bits per heavy atom. The topological polar surface area (TPSA) is 126 Å². The van der Waals surface area contributed by atoms with Crippen molar-refractivity contribution in [2.75, 3.05) is 38.3 Å². The lowest BCUT2D eigenvalue weighted by Gasteiger charge is -2.13. The van der Waals surface area contributed by atoms with Crippen molar-refractivity contribution in [1.29, 1.82) is 0 Å². The van der Waals surface area contributed by atoms with Crippen LogP contribution in [0.25, 0.3) is 0 Å². The summed E-state index contributed by atoms with van der Waals surface area (Å²) < 4.78 is 23.2. The maximum atomic E-state index is 11.6. The number of nitro benzene ring substituents is 1. The average molecular weight is 448 g/mol. The summed E-state index contributed by atoms with van der Waals surface area (Å²) in [5, 5.41) is 20.6. The molecule has 0 saturated carbocycles.